The number of rotatable bonds is 6. The molecule has 1 rings (SSSR count). The Hall–Kier alpha value is -0.450. The van der Waals surface area contributed by atoms with E-state index in [0.29, 0.717) is 5.92 Å². The van der Waals surface area contributed by atoms with E-state index in [1.54, 1.807) is 11.3 Å². The van der Waals surface area contributed by atoms with Gasteiger partial charge in [-0.15, -0.1) is 11.3 Å². The van der Waals surface area contributed by atoms with E-state index in [2.05, 4.69) is 44.9 Å². The van der Waals surface area contributed by atoms with E-state index in [1.807, 2.05) is 6.20 Å². The maximum Gasteiger partial charge on any atom is 0.0981 e. The van der Waals surface area contributed by atoms with Crippen LogP contribution in [-0.4, -0.2) is 22.7 Å². The van der Waals surface area contributed by atoms with Crippen LogP contribution in [-0.2, 0) is 12.0 Å². The summed E-state index contributed by atoms with van der Waals surface area (Å²) in [5.41, 5.74) is 0.122. The monoisotopic (exact) mass is 270 g/mol. The summed E-state index contributed by atoms with van der Waals surface area (Å²) < 4.78 is 0. The quantitative estimate of drug-likeness (QED) is 0.835. The predicted molar refractivity (Wildman–Crippen MR) is 78.0 cm³/mol. The van der Waals surface area contributed by atoms with Crippen LogP contribution in [0.4, 0.5) is 0 Å². The summed E-state index contributed by atoms with van der Waals surface area (Å²) in [5, 5.41) is 13.9. The molecule has 2 N–H and O–H groups in total. The van der Waals surface area contributed by atoms with E-state index in [9.17, 15) is 5.11 Å². The van der Waals surface area contributed by atoms with Crippen molar-refractivity contribution in [3.8, 4) is 0 Å². The SMILES string of the molecule is CC(C)CC(CO)NCc1cnc(C(C)(C)C)s1. The van der Waals surface area contributed by atoms with Gasteiger partial charge in [-0.05, 0) is 12.3 Å². The van der Waals surface area contributed by atoms with Gasteiger partial charge in [-0.3, -0.25) is 0 Å². The van der Waals surface area contributed by atoms with Gasteiger partial charge in [0.2, 0.25) is 0 Å². The molecule has 1 unspecified atom stereocenters. The second kappa shape index (κ2) is 6.64. The zero-order chi connectivity index (χ0) is 13.8. The van der Waals surface area contributed by atoms with E-state index < -0.39 is 0 Å². The average Bonchev–Trinajstić information content (AvgIpc) is 2.71. The van der Waals surface area contributed by atoms with Crippen molar-refractivity contribution in [2.75, 3.05) is 6.61 Å². The van der Waals surface area contributed by atoms with Crippen LogP contribution >= 0.6 is 11.3 Å². The third-order valence-electron chi connectivity index (χ3n) is 2.74. The highest BCUT2D eigenvalue weighted by Gasteiger charge is 2.18. The lowest BCUT2D eigenvalue weighted by Crippen LogP contribution is -2.33. The highest BCUT2D eigenvalue weighted by molar-refractivity contribution is 7.11. The molecule has 4 heteroatoms. The second-order valence-corrected chi connectivity index (χ2v) is 7.39. The van der Waals surface area contributed by atoms with Crippen LogP contribution in [0, 0.1) is 5.92 Å². The number of aromatic nitrogens is 1. The van der Waals surface area contributed by atoms with Crippen LogP contribution in [0.15, 0.2) is 6.20 Å². The fourth-order valence-corrected chi connectivity index (χ4v) is 2.69. The van der Waals surface area contributed by atoms with Crippen LogP contribution in [0.3, 0.4) is 0 Å². The Balaban J connectivity index is 2.50. The number of nitrogens with zero attached hydrogens (tertiary/aromatic N) is 1. The first-order chi connectivity index (χ1) is 8.32. The Morgan fingerprint density at radius 1 is 1.39 bits per heavy atom. The maximum absolute atomic E-state index is 9.31. The van der Waals surface area contributed by atoms with Crippen LogP contribution < -0.4 is 5.32 Å². The molecule has 1 aromatic heterocycles. The van der Waals surface area contributed by atoms with Crippen molar-refractivity contribution in [2.45, 2.75) is 59.0 Å². The number of thiazole rings is 1. The van der Waals surface area contributed by atoms with E-state index in [4.69, 9.17) is 0 Å². The van der Waals surface area contributed by atoms with Crippen LogP contribution in [0.5, 0.6) is 0 Å². The van der Waals surface area contributed by atoms with Crippen LogP contribution in [0.2, 0.25) is 0 Å². The summed E-state index contributed by atoms with van der Waals surface area (Å²) in [4.78, 5) is 5.71. The predicted octanol–water partition coefficient (Wildman–Crippen LogP) is 2.94. The summed E-state index contributed by atoms with van der Waals surface area (Å²) in [6, 6.07) is 0.185. The molecule has 0 saturated carbocycles. The molecule has 3 nitrogen and oxygen atoms in total. The maximum atomic E-state index is 9.31. The smallest absolute Gasteiger partial charge is 0.0981 e. The first-order valence-corrected chi connectivity index (χ1v) is 7.44. The number of aliphatic hydroxyl groups excluding tert-OH is 1. The molecular formula is C14H26N2OS. The normalized spacial score (nSPS) is 14.2. The fraction of sp³-hybridized carbons (Fsp3) is 0.786. The zero-order valence-corrected chi connectivity index (χ0v) is 13.0. The zero-order valence-electron chi connectivity index (χ0n) is 12.2. The molecular weight excluding hydrogens is 244 g/mol. The molecule has 1 atom stereocenters. The number of aliphatic hydroxyl groups is 1. The molecule has 0 aromatic carbocycles. The molecule has 0 aliphatic heterocycles. The van der Waals surface area contributed by atoms with Crippen molar-refractivity contribution in [1.82, 2.24) is 10.3 Å². The van der Waals surface area contributed by atoms with Crippen molar-refractivity contribution < 1.29 is 5.11 Å². The molecule has 104 valence electrons. The Kier molecular flexibility index (Phi) is 5.76. The molecule has 0 aliphatic rings. The molecule has 0 amide bonds. The van der Waals surface area contributed by atoms with Crippen molar-refractivity contribution in [3.63, 3.8) is 0 Å². The lowest BCUT2D eigenvalue weighted by Gasteiger charge is -2.17. The Morgan fingerprint density at radius 3 is 2.50 bits per heavy atom. The summed E-state index contributed by atoms with van der Waals surface area (Å²) in [5.74, 6) is 0.598. The molecule has 1 aromatic rings. The summed E-state index contributed by atoms with van der Waals surface area (Å²) >= 11 is 1.76. The van der Waals surface area contributed by atoms with E-state index in [0.717, 1.165) is 13.0 Å². The van der Waals surface area contributed by atoms with Gasteiger partial charge in [-0.2, -0.15) is 0 Å². The Bertz CT molecular complexity index is 355. The topological polar surface area (TPSA) is 45.1 Å². The standard InChI is InChI=1S/C14H26N2OS/c1-10(2)6-11(9-17)15-7-12-8-16-13(18-12)14(3,4)5/h8,10-11,15,17H,6-7,9H2,1-5H3. The van der Waals surface area contributed by atoms with E-state index in [-0.39, 0.29) is 18.1 Å². The van der Waals surface area contributed by atoms with Gasteiger partial charge in [0.05, 0.1) is 11.6 Å². The molecule has 0 radical (unpaired) electrons. The van der Waals surface area contributed by atoms with Gasteiger partial charge >= 0.3 is 0 Å². The largest absolute Gasteiger partial charge is 0.395 e. The first-order valence-electron chi connectivity index (χ1n) is 6.62. The van der Waals surface area contributed by atoms with Gasteiger partial charge in [0.15, 0.2) is 0 Å². The highest BCUT2D eigenvalue weighted by atomic mass is 32.1. The minimum atomic E-state index is 0.122. The van der Waals surface area contributed by atoms with Gasteiger partial charge in [-0.1, -0.05) is 34.6 Å². The molecule has 0 saturated heterocycles. The van der Waals surface area contributed by atoms with E-state index in [1.165, 1.54) is 9.88 Å². The Labute approximate surface area is 115 Å². The van der Waals surface area contributed by atoms with Crippen molar-refractivity contribution >= 4 is 11.3 Å². The molecule has 0 aliphatic carbocycles. The molecule has 0 spiro atoms. The summed E-state index contributed by atoms with van der Waals surface area (Å²) in [7, 11) is 0. The number of nitrogens with one attached hydrogen (secondary N) is 1. The molecule has 0 fully saturated rings. The lowest BCUT2D eigenvalue weighted by molar-refractivity contribution is 0.224. The second-order valence-electron chi connectivity index (χ2n) is 6.27. The van der Waals surface area contributed by atoms with Gasteiger partial charge in [-0.25, -0.2) is 4.98 Å². The molecule has 18 heavy (non-hydrogen) atoms. The third-order valence-corrected chi connectivity index (χ3v) is 4.16. The van der Waals surface area contributed by atoms with Gasteiger partial charge in [0.25, 0.3) is 0 Å². The lowest BCUT2D eigenvalue weighted by atomic mass is 9.98. The summed E-state index contributed by atoms with van der Waals surface area (Å²) in [6.45, 7) is 11.9. The van der Waals surface area contributed by atoms with Gasteiger partial charge < -0.3 is 10.4 Å². The number of hydrogen-bond donors (Lipinski definition) is 2. The minimum absolute atomic E-state index is 0.122. The Morgan fingerprint density at radius 2 is 2.06 bits per heavy atom. The first kappa shape index (κ1) is 15.6. The van der Waals surface area contributed by atoms with Gasteiger partial charge in [0.1, 0.15) is 0 Å². The molecule has 0 bridgehead atoms. The highest BCUT2D eigenvalue weighted by Crippen LogP contribution is 2.26. The van der Waals surface area contributed by atoms with Crippen LogP contribution in [0.1, 0.15) is 50.9 Å². The third kappa shape index (κ3) is 5.04. The average molecular weight is 270 g/mol. The fourth-order valence-electron chi connectivity index (χ4n) is 1.77. The van der Waals surface area contributed by atoms with Crippen LogP contribution in [0.25, 0.3) is 0 Å². The minimum Gasteiger partial charge on any atom is -0.395 e. The molecule has 1 heterocycles. The van der Waals surface area contributed by atoms with Crippen molar-refractivity contribution in [3.05, 3.63) is 16.1 Å². The van der Waals surface area contributed by atoms with Crippen molar-refractivity contribution in [1.29, 1.82) is 0 Å². The summed E-state index contributed by atoms with van der Waals surface area (Å²) in [6.07, 6.45) is 2.95. The van der Waals surface area contributed by atoms with Gasteiger partial charge in [0, 0.05) is 29.1 Å². The number of hydrogen-bond acceptors (Lipinski definition) is 4. The van der Waals surface area contributed by atoms with Crippen molar-refractivity contribution in [2.24, 2.45) is 5.92 Å². The van der Waals surface area contributed by atoms with E-state index >= 15 is 0 Å².